The van der Waals surface area contributed by atoms with Gasteiger partial charge in [0.15, 0.2) is 0 Å². The van der Waals surface area contributed by atoms with Gasteiger partial charge in [-0.2, -0.15) is 0 Å². The maximum atomic E-state index is 12.4. The zero-order valence-electron chi connectivity index (χ0n) is 14.9. The van der Waals surface area contributed by atoms with Crippen molar-refractivity contribution in [3.63, 3.8) is 0 Å². The summed E-state index contributed by atoms with van der Waals surface area (Å²) in [6, 6.07) is 5.99. The van der Waals surface area contributed by atoms with Crippen LogP contribution in [-0.4, -0.2) is 40.6 Å². The Kier molecular flexibility index (Phi) is 5.31. The molecule has 0 unspecified atom stereocenters. The molecular formula is C18H19N5O4S. The van der Waals surface area contributed by atoms with Crippen LogP contribution in [0.3, 0.4) is 0 Å². The van der Waals surface area contributed by atoms with Crippen molar-refractivity contribution >= 4 is 39.9 Å². The molecule has 1 aromatic carbocycles. The molecular weight excluding hydrogens is 382 g/mol. The van der Waals surface area contributed by atoms with Crippen molar-refractivity contribution in [2.24, 2.45) is 0 Å². The monoisotopic (exact) mass is 401 g/mol. The predicted molar refractivity (Wildman–Crippen MR) is 102 cm³/mol. The topological polar surface area (TPSA) is 122 Å². The molecule has 10 heteroatoms. The molecule has 2 atom stereocenters. The molecule has 0 aliphatic carbocycles. The Morgan fingerprint density at radius 3 is 2.96 bits per heavy atom. The minimum Gasteiger partial charge on any atom is -0.371 e. The van der Waals surface area contributed by atoms with Gasteiger partial charge in [0.2, 0.25) is 16.9 Å². The zero-order valence-corrected chi connectivity index (χ0v) is 15.8. The summed E-state index contributed by atoms with van der Waals surface area (Å²) < 4.78 is 5.56. The highest BCUT2D eigenvalue weighted by Crippen LogP contribution is 2.31. The number of anilines is 2. The summed E-state index contributed by atoms with van der Waals surface area (Å²) in [5.74, 6) is -0.980. The van der Waals surface area contributed by atoms with Gasteiger partial charge < -0.3 is 20.7 Å². The molecule has 1 aromatic heterocycles. The Morgan fingerprint density at radius 2 is 2.14 bits per heavy atom. The fourth-order valence-electron chi connectivity index (χ4n) is 3.16. The molecule has 0 radical (unpaired) electrons. The quantitative estimate of drug-likeness (QED) is 0.703. The largest absolute Gasteiger partial charge is 0.371 e. The molecule has 2 aromatic rings. The number of nitrogens with zero attached hydrogens (tertiary/aromatic N) is 2. The van der Waals surface area contributed by atoms with Gasteiger partial charge in [-0.05, 0) is 31.4 Å². The average Bonchev–Trinajstić information content (AvgIpc) is 3.34. The van der Waals surface area contributed by atoms with E-state index in [0.717, 1.165) is 17.8 Å². The molecule has 2 aliphatic rings. The van der Waals surface area contributed by atoms with E-state index in [-0.39, 0.29) is 36.7 Å². The predicted octanol–water partition coefficient (Wildman–Crippen LogP) is 1.86. The molecule has 3 N–H and O–H groups in total. The maximum Gasteiger partial charge on any atom is 0.254 e. The van der Waals surface area contributed by atoms with Crippen molar-refractivity contribution in [1.29, 1.82) is 0 Å². The number of fused-ring (bicyclic) bond motifs is 1. The molecule has 9 nitrogen and oxygen atoms in total. The number of hydrogen-bond acceptors (Lipinski definition) is 7. The first-order chi connectivity index (χ1) is 13.6. The number of para-hydroxylation sites is 1. The molecule has 4 rings (SSSR count). The van der Waals surface area contributed by atoms with Gasteiger partial charge in [0.25, 0.3) is 5.91 Å². The number of carbonyl (C=O) groups excluding carboxylic acids is 3. The lowest BCUT2D eigenvalue weighted by Crippen LogP contribution is -2.41. The van der Waals surface area contributed by atoms with E-state index in [4.69, 9.17) is 4.74 Å². The summed E-state index contributed by atoms with van der Waals surface area (Å²) in [6.45, 7) is 0.713. The third-order valence-electron chi connectivity index (χ3n) is 4.60. The van der Waals surface area contributed by atoms with Crippen LogP contribution in [0, 0.1) is 0 Å². The van der Waals surface area contributed by atoms with Gasteiger partial charge in [-0.3, -0.25) is 14.4 Å². The van der Waals surface area contributed by atoms with Crippen LogP contribution in [0.4, 0.5) is 10.8 Å². The molecule has 3 heterocycles. The third kappa shape index (κ3) is 4.02. The first-order valence-electron chi connectivity index (χ1n) is 9.06. The smallest absolute Gasteiger partial charge is 0.254 e. The lowest BCUT2D eigenvalue weighted by atomic mass is 10.1. The second-order valence-electron chi connectivity index (χ2n) is 6.59. The number of nitrogens with one attached hydrogen (secondary N) is 3. The third-order valence-corrected chi connectivity index (χ3v) is 5.53. The van der Waals surface area contributed by atoms with Crippen LogP contribution < -0.4 is 16.0 Å². The minimum absolute atomic E-state index is 0.0466. The van der Waals surface area contributed by atoms with Crippen LogP contribution in [0.25, 0.3) is 0 Å². The van der Waals surface area contributed by atoms with Gasteiger partial charge in [-0.25, -0.2) is 0 Å². The fraction of sp³-hybridized carbons (Fsp3) is 0.389. The fourth-order valence-corrected chi connectivity index (χ4v) is 4.00. The van der Waals surface area contributed by atoms with Gasteiger partial charge in [0.05, 0.1) is 11.3 Å². The number of hydrogen-bond donors (Lipinski definition) is 3. The van der Waals surface area contributed by atoms with Crippen LogP contribution >= 0.6 is 11.3 Å². The summed E-state index contributed by atoms with van der Waals surface area (Å²) in [7, 11) is 0. The molecule has 0 bridgehead atoms. The van der Waals surface area contributed by atoms with Gasteiger partial charge in [-0.1, -0.05) is 23.5 Å². The zero-order chi connectivity index (χ0) is 19.5. The maximum absolute atomic E-state index is 12.4. The van der Waals surface area contributed by atoms with Crippen molar-refractivity contribution in [3.8, 4) is 0 Å². The van der Waals surface area contributed by atoms with Gasteiger partial charge in [0.1, 0.15) is 17.2 Å². The SMILES string of the molecule is O=C(CC[C@H]1NC(=O)c2ccccc2NC1=O)Nc1nnc([C@H]2CCCO2)s1. The Morgan fingerprint density at radius 1 is 1.29 bits per heavy atom. The van der Waals surface area contributed by atoms with Crippen molar-refractivity contribution in [2.45, 2.75) is 37.8 Å². The van der Waals surface area contributed by atoms with Gasteiger partial charge in [-0.15, -0.1) is 10.2 Å². The van der Waals surface area contributed by atoms with Crippen molar-refractivity contribution in [1.82, 2.24) is 15.5 Å². The number of ether oxygens (including phenoxy) is 1. The van der Waals surface area contributed by atoms with E-state index in [1.54, 1.807) is 24.3 Å². The van der Waals surface area contributed by atoms with E-state index < -0.39 is 6.04 Å². The molecule has 28 heavy (non-hydrogen) atoms. The number of rotatable bonds is 5. The Labute approximate surface area is 164 Å². The van der Waals surface area contributed by atoms with Crippen molar-refractivity contribution in [2.75, 3.05) is 17.2 Å². The van der Waals surface area contributed by atoms with E-state index in [9.17, 15) is 14.4 Å². The van der Waals surface area contributed by atoms with Crippen LogP contribution in [0.1, 0.15) is 47.2 Å². The number of aromatic nitrogens is 2. The van der Waals surface area contributed by atoms with Crippen molar-refractivity contribution in [3.05, 3.63) is 34.8 Å². The summed E-state index contributed by atoms with van der Waals surface area (Å²) in [4.78, 5) is 36.9. The Bertz CT molecular complexity index is 909. The number of benzene rings is 1. The van der Waals surface area contributed by atoms with E-state index >= 15 is 0 Å². The van der Waals surface area contributed by atoms with Crippen LogP contribution in [0.2, 0.25) is 0 Å². The Balaban J connectivity index is 1.32. The molecule has 1 saturated heterocycles. The molecule has 2 aliphatic heterocycles. The van der Waals surface area contributed by atoms with Crippen molar-refractivity contribution < 1.29 is 19.1 Å². The normalized spacial score (nSPS) is 21.4. The standard InChI is InChI=1S/C18H19N5O4S/c24-14(21-18-23-22-17(28-18)13-6-3-9-27-13)8-7-12-16(26)19-11-5-2-1-4-10(11)15(25)20-12/h1-2,4-5,12-13H,3,6-9H2,(H,19,26)(H,20,25)(H,21,23,24)/t12-,13-/m1/s1. The van der Waals surface area contributed by atoms with E-state index in [2.05, 4.69) is 26.1 Å². The minimum atomic E-state index is -0.789. The molecule has 3 amide bonds. The second-order valence-corrected chi connectivity index (χ2v) is 7.60. The van der Waals surface area contributed by atoms with E-state index in [1.165, 1.54) is 11.3 Å². The first-order valence-corrected chi connectivity index (χ1v) is 9.87. The molecule has 0 saturated carbocycles. The summed E-state index contributed by atoms with van der Waals surface area (Å²) in [6.07, 6.45) is 2.08. The molecule has 0 spiro atoms. The highest BCUT2D eigenvalue weighted by Gasteiger charge is 2.28. The van der Waals surface area contributed by atoms with Crippen LogP contribution in [0.15, 0.2) is 24.3 Å². The van der Waals surface area contributed by atoms with E-state index in [1.807, 2.05) is 0 Å². The summed E-state index contributed by atoms with van der Waals surface area (Å²) >= 11 is 1.29. The lowest BCUT2D eigenvalue weighted by Gasteiger charge is -2.13. The average molecular weight is 401 g/mol. The molecule has 146 valence electrons. The van der Waals surface area contributed by atoms with Gasteiger partial charge >= 0.3 is 0 Å². The second kappa shape index (κ2) is 8.03. The first kappa shape index (κ1) is 18.5. The number of carbonyl (C=O) groups is 3. The summed E-state index contributed by atoms with van der Waals surface area (Å²) in [5, 5.41) is 17.3. The van der Waals surface area contributed by atoms with Crippen LogP contribution in [-0.2, 0) is 14.3 Å². The molecule has 1 fully saturated rings. The highest BCUT2D eigenvalue weighted by atomic mass is 32.1. The number of amides is 3. The Hall–Kier alpha value is -2.85. The lowest BCUT2D eigenvalue weighted by molar-refractivity contribution is -0.118. The highest BCUT2D eigenvalue weighted by molar-refractivity contribution is 7.15. The van der Waals surface area contributed by atoms with Gasteiger partial charge in [0, 0.05) is 13.0 Å². The van der Waals surface area contributed by atoms with E-state index in [0.29, 0.717) is 23.0 Å². The summed E-state index contributed by atoms with van der Waals surface area (Å²) in [5.41, 5.74) is 0.866. The van der Waals surface area contributed by atoms with Crippen LogP contribution in [0.5, 0.6) is 0 Å².